The molecule has 0 aromatic heterocycles. The Morgan fingerprint density at radius 1 is 1.47 bits per heavy atom. The number of hydrogen-bond acceptors (Lipinski definition) is 3. The van der Waals surface area contributed by atoms with Gasteiger partial charge >= 0.3 is 0 Å². The van der Waals surface area contributed by atoms with Gasteiger partial charge in [0.05, 0.1) is 5.75 Å². The predicted molar refractivity (Wildman–Crippen MR) is 69.2 cm³/mol. The molecule has 0 fully saturated rings. The molecule has 3 N–H and O–H groups in total. The van der Waals surface area contributed by atoms with E-state index in [1.807, 2.05) is 6.07 Å². The van der Waals surface area contributed by atoms with Crippen molar-refractivity contribution in [3.8, 4) is 0 Å². The van der Waals surface area contributed by atoms with Crippen LogP contribution < -0.4 is 10.5 Å². The van der Waals surface area contributed by atoms with Crippen molar-refractivity contribution < 1.29 is 13.2 Å². The largest absolute Gasteiger partial charge is 0.351 e. The summed E-state index contributed by atoms with van der Waals surface area (Å²) in [6.45, 7) is 1.81. The summed E-state index contributed by atoms with van der Waals surface area (Å²) < 4.78 is 22.2. The zero-order chi connectivity index (χ0) is 13.1. The highest BCUT2D eigenvalue weighted by Crippen LogP contribution is 2.19. The SMILES string of the molecule is Cc1c(Br)cccc1C(=O)NCCS(N)(=O)=O. The van der Waals surface area contributed by atoms with Crippen LogP contribution in [0.2, 0.25) is 0 Å². The van der Waals surface area contributed by atoms with E-state index in [-0.39, 0.29) is 18.2 Å². The predicted octanol–water partition coefficient (Wildman–Crippen LogP) is 0.776. The van der Waals surface area contributed by atoms with Crippen LogP contribution >= 0.6 is 15.9 Å². The highest BCUT2D eigenvalue weighted by molar-refractivity contribution is 9.10. The monoisotopic (exact) mass is 320 g/mol. The number of nitrogens with one attached hydrogen (secondary N) is 1. The zero-order valence-electron chi connectivity index (χ0n) is 9.23. The summed E-state index contributed by atoms with van der Waals surface area (Å²) in [6.07, 6.45) is 0. The van der Waals surface area contributed by atoms with Gasteiger partial charge in [-0.05, 0) is 24.6 Å². The first-order valence-electron chi connectivity index (χ1n) is 4.85. The van der Waals surface area contributed by atoms with Crippen molar-refractivity contribution in [3.63, 3.8) is 0 Å². The molecular weight excluding hydrogens is 308 g/mol. The van der Waals surface area contributed by atoms with Crippen molar-refractivity contribution in [3.05, 3.63) is 33.8 Å². The Morgan fingerprint density at radius 2 is 2.12 bits per heavy atom. The van der Waals surface area contributed by atoms with Crippen molar-refractivity contribution in [1.29, 1.82) is 0 Å². The highest BCUT2D eigenvalue weighted by Gasteiger charge is 2.11. The van der Waals surface area contributed by atoms with Gasteiger partial charge < -0.3 is 5.32 Å². The standard InChI is InChI=1S/C10H13BrN2O3S/c1-7-8(3-2-4-9(7)11)10(14)13-5-6-17(12,15)16/h2-4H,5-6H2,1H3,(H,13,14)(H2,12,15,16). The topological polar surface area (TPSA) is 89.3 Å². The number of carbonyl (C=O) groups excluding carboxylic acids is 1. The first kappa shape index (κ1) is 14.1. The first-order chi connectivity index (χ1) is 7.81. The molecule has 1 rings (SSSR count). The number of halogens is 1. The van der Waals surface area contributed by atoms with Crippen LogP contribution in [0.3, 0.4) is 0 Å². The summed E-state index contributed by atoms with van der Waals surface area (Å²) in [4.78, 5) is 11.7. The molecule has 0 unspecified atom stereocenters. The van der Waals surface area contributed by atoms with Crippen molar-refractivity contribution >= 4 is 31.9 Å². The maximum absolute atomic E-state index is 11.7. The van der Waals surface area contributed by atoms with E-state index in [1.165, 1.54) is 0 Å². The second kappa shape index (κ2) is 5.61. The lowest BCUT2D eigenvalue weighted by Gasteiger charge is -2.08. The van der Waals surface area contributed by atoms with Crippen LogP contribution in [-0.2, 0) is 10.0 Å². The van der Waals surface area contributed by atoms with E-state index in [4.69, 9.17) is 5.14 Å². The van der Waals surface area contributed by atoms with Crippen LogP contribution in [0.1, 0.15) is 15.9 Å². The van der Waals surface area contributed by atoms with E-state index < -0.39 is 10.0 Å². The van der Waals surface area contributed by atoms with E-state index in [1.54, 1.807) is 19.1 Å². The van der Waals surface area contributed by atoms with E-state index in [9.17, 15) is 13.2 Å². The number of primary sulfonamides is 1. The molecule has 0 heterocycles. The first-order valence-corrected chi connectivity index (χ1v) is 7.36. The molecule has 0 aliphatic heterocycles. The molecule has 1 amide bonds. The molecule has 17 heavy (non-hydrogen) atoms. The summed E-state index contributed by atoms with van der Waals surface area (Å²) in [7, 11) is -3.54. The minimum atomic E-state index is -3.54. The molecule has 0 saturated heterocycles. The molecular formula is C10H13BrN2O3S. The molecule has 1 aromatic rings. The Bertz CT molecular complexity index is 528. The maximum Gasteiger partial charge on any atom is 0.251 e. The van der Waals surface area contributed by atoms with E-state index in [0.29, 0.717) is 5.56 Å². The molecule has 5 nitrogen and oxygen atoms in total. The van der Waals surface area contributed by atoms with Gasteiger partial charge in [0.1, 0.15) is 0 Å². The van der Waals surface area contributed by atoms with Crippen LogP contribution in [0, 0.1) is 6.92 Å². The zero-order valence-corrected chi connectivity index (χ0v) is 11.6. The van der Waals surface area contributed by atoms with E-state index >= 15 is 0 Å². The maximum atomic E-state index is 11.7. The fraction of sp³-hybridized carbons (Fsp3) is 0.300. The molecule has 0 spiro atoms. The smallest absolute Gasteiger partial charge is 0.251 e. The Balaban J connectivity index is 2.68. The van der Waals surface area contributed by atoms with Gasteiger partial charge in [0, 0.05) is 16.6 Å². The molecule has 0 saturated carbocycles. The molecule has 0 radical (unpaired) electrons. The van der Waals surface area contributed by atoms with Crippen molar-refractivity contribution in [2.45, 2.75) is 6.92 Å². The lowest BCUT2D eigenvalue weighted by atomic mass is 10.1. The summed E-state index contributed by atoms with van der Waals surface area (Å²) in [5.74, 6) is -0.585. The molecule has 0 aliphatic rings. The van der Waals surface area contributed by atoms with Gasteiger partial charge in [-0.3, -0.25) is 4.79 Å². The second-order valence-corrected chi connectivity index (χ2v) is 6.12. The fourth-order valence-corrected chi connectivity index (χ4v) is 2.01. The Hall–Kier alpha value is -0.920. The number of nitrogens with two attached hydrogens (primary N) is 1. The Kier molecular flexibility index (Phi) is 4.67. The van der Waals surface area contributed by atoms with Gasteiger partial charge in [-0.1, -0.05) is 22.0 Å². The van der Waals surface area contributed by atoms with Gasteiger partial charge in [0.25, 0.3) is 5.91 Å². The molecule has 7 heteroatoms. The van der Waals surface area contributed by atoms with Crippen LogP contribution in [0.5, 0.6) is 0 Å². The number of amides is 1. The molecule has 0 bridgehead atoms. The number of benzene rings is 1. The van der Waals surface area contributed by atoms with Gasteiger partial charge in [0.2, 0.25) is 10.0 Å². The van der Waals surface area contributed by atoms with Gasteiger partial charge in [-0.2, -0.15) is 0 Å². The summed E-state index contributed by atoms with van der Waals surface area (Å²) in [6, 6.07) is 5.24. The Labute approximate surface area is 109 Å². The van der Waals surface area contributed by atoms with Gasteiger partial charge in [-0.25, -0.2) is 13.6 Å². The van der Waals surface area contributed by atoms with E-state index in [2.05, 4.69) is 21.2 Å². The number of hydrogen-bond donors (Lipinski definition) is 2. The van der Waals surface area contributed by atoms with Gasteiger partial charge in [-0.15, -0.1) is 0 Å². The van der Waals surface area contributed by atoms with Gasteiger partial charge in [0.15, 0.2) is 0 Å². The van der Waals surface area contributed by atoms with Crippen LogP contribution in [0.25, 0.3) is 0 Å². The number of rotatable bonds is 4. The Morgan fingerprint density at radius 3 is 2.71 bits per heavy atom. The minimum Gasteiger partial charge on any atom is -0.351 e. The molecule has 1 aromatic carbocycles. The lowest BCUT2D eigenvalue weighted by molar-refractivity contribution is 0.0955. The normalized spacial score (nSPS) is 11.2. The average Bonchev–Trinajstić information content (AvgIpc) is 2.20. The summed E-state index contributed by atoms with van der Waals surface area (Å²) in [5, 5.41) is 7.33. The van der Waals surface area contributed by atoms with Crippen LogP contribution in [-0.4, -0.2) is 26.6 Å². The minimum absolute atomic E-state index is 0.00359. The summed E-state index contributed by atoms with van der Waals surface area (Å²) >= 11 is 3.32. The third-order valence-corrected chi connectivity index (χ3v) is 3.82. The fourth-order valence-electron chi connectivity index (χ4n) is 1.26. The molecule has 0 atom stereocenters. The molecule has 0 aliphatic carbocycles. The third kappa shape index (κ3) is 4.45. The number of sulfonamides is 1. The summed E-state index contributed by atoms with van der Waals surface area (Å²) in [5.41, 5.74) is 1.31. The quantitative estimate of drug-likeness (QED) is 0.859. The van der Waals surface area contributed by atoms with Crippen molar-refractivity contribution in [2.24, 2.45) is 5.14 Å². The molecule has 94 valence electrons. The van der Waals surface area contributed by atoms with Crippen molar-refractivity contribution in [1.82, 2.24) is 5.32 Å². The van der Waals surface area contributed by atoms with Crippen LogP contribution in [0.4, 0.5) is 0 Å². The highest BCUT2D eigenvalue weighted by atomic mass is 79.9. The second-order valence-electron chi connectivity index (χ2n) is 3.54. The third-order valence-electron chi connectivity index (χ3n) is 2.18. The average molecular weight is 321 g/mol. The van der Waals surface area contributed by atoms with E-state index in [0.717, 1.165) is 10.0 Å². The van der Waals surface area contributed by atoms with Crippen LogP contribution in [0.15, 0.2) is 22.7 Å². The lowest BCUT2D eigenvalue weighted by Crippen LogP contribution is -2.31. The van der Waals surface area contributed by atoms with Crippen molar-refractivity contribution in [2.75, 3.05) is 12.3 Å². The number of carbonyl (C=O) groups is 1.